The van der Waals surface area contributed by atoms with E-state index in [9.17, 15) is 19.2 Å². The van der Waals surface area contributed by atoms with Crippen molar-refractivity contribution in [2.45, 2.75) is 51.1 Å². The molecule has 2 aromatic rings. The van der Waals surface area contributed by atoms with Gasteiger partial charge in [0.15, 0.2) is 0 Å². The van der Waals surface area contributed by atoms with Crippen LogP contribution in [0.3, 0.4) is 0 Å². The molecule has 1 fully saturated rings. The highest BCUT2D eigenvalue weighted by Crippen LogP contribution is 2.37. The molecule has 37 heavy (non-hydrogen) atoms. The van der Waals surface area contributed by atoms with Crippen LogP contribution in [0.4, 0.5) is 5.69 Å². The number of hydrogen-bond donors (Lipinski definition) is 1. The maximum Gasteiger partial charge on any atom is 0.329 e. The largest absolute Gasteiger partial charge is 0.366 e. The number of piperidine rings is 1. The zero-order chi connectivity index (χ0) is 26.5. The molecule has 2 N–H and O–H groups in total. The van der Waals surface area contributed by atoms with Crippen molar-refractivity contribution in [3.63, 3.8) is 0 Å². The number of aromatic nitrogens is 2. The summed E-state index contributed by atoms with van der Waals surface area (Å²) in [4.78, 5) is 58.2. The first-order valence-electron chi connectivity index (χ1n) is 13.1. The summed E-state index contributed by atoms with van der Waals surface area (Å²) in [6, 6.07) is 3.65. The SMILES string of the molecule is C[Si](C)(C)CCOCN1C(=O)CCC(n2c(=O)n3c4c5c(ccc42)C(=O)N(CCN)CCN5CC3)C1=O. The summed E-state index contributed by atoms with van der Waals surface area (Å²) in [5.74, 6) is -0.790. The number of imide groups is 1. The van der Waals surface area contributed by atoms with E-state index in [1.165, 1.54) is 4.57 Å². The van der Waals surface area contributed by atoms with Crippen molar-refractivity contribution in [1.29, 1.82) is 0 Å². The molecule has 5 rings (SSSR count). The van der Waals surface area contributed by atoms with Crippen LogP contribution in [-0.4, -0.2) is 90.8 Å². The summed E-state index contributed by atoms with van der Waals surface area (Å²) in [7, 11) is -1.31. The molecule has 1 aromatic heterocycles. The van der Waals surface area contributed by atoms with Crippen molar-refractivity contribution in [2.24, 2.45) is 5.73 Å². The lowest BCUT2D eigenvalue weighted by Crippen LogP contribution is -2.48. The molecule has 1 unspecified atom stereocenters. The predicted octanol–water partition coefficient (Wildman–Crippen LogP) is 1.04. The Kier molecular flexibility index (Phi) is 6.75. The average molecular weight is 529 g/mol. The topological polar surface area (TPSA) is 123 Å². The van der Waals surface area contributed by atoms with E-state index >= 15 is 0 Å². The van der Waals surface area contributed by atoms with Gasteiger partial charge in [0.2, 0.25) is 5.91 Å². The molecule has 1 saturated heterocycles. The third kappa shape index (κ3) is 4.51. The van der Waals surface area contributed by atoms with Gasteiger partial charge in [0.25, 0.3) is 11.8 Å². The summed E-state index contributed by atoms with van der Waals surface area (Å²) < 4.78 is 8.92. The molecule has 3 amide bonds. The normalized spacial score (nSPS) is 20.3. The van der Waals surface area contributed by atoms with E-state index in [1.54, 1.807) is 21.6 Å². The van der Waals surface area contributed by atoms with Gasteiger partial charge in [0.1, 0.15) is 12.8 Å². The van der Waals surface area contributed by atoms with E-state index in [0.29, 0.717) is 62.5 Å². The van der Waals surface area contributed by atoms with Crippen molar-refractivity contribution < 1.29 is 19.1 Å². The molecular formula is C25H36N6O5Si. The first kappa shape index (κ1) is 25.7. The summed E-state index contributed by atoms with van der Waals surface area (Å²) in [6.07, 6.45) is 0.419. The van der Waals surface area contributed by atoms with Crippen LogP contribution in [0.1, 0.15) is 29.2 Å². The zero-order valence-corrected chi connectivity index (χ0v) is 22.9. The highest BCUT2D eigenvalue weighted by molar-refractivity contribution is 6.76. The molecule has 0 saturated carbocycles. The van der Waals surface area contributed by atoms with Crippen LogP contribution in [0.2, 0.25) is 25.7 Å². The minimum atomic E-state index is -1.31. The highest BCUT2D eigenvalue weighted by atomic mass is 28.3. The smallest absolute Gasteiger partial charge is 0.329 e. The van der Waals surface area contributed by atoms with Crippen LogP contribution in [0, 0.1) is 0 Å². The number of benzene rings is 1. The number of carbonyl (C=O) groups is 3. The van der Waals surface area contributed by atoms with Gasteiger partial charge in [-0.05, 0) is 24.6 Å². The second kappa shape index (κ2) is 9.73. The molecule has 11 nitrogen and oxygen atoms in total. The van der Waals surface area contributed by atoms with E-state index in [1.807, 2.05) is 0 Å². The van der Waals surface area contributed by atoms with Crippen molar-refractivity contribution in [3.8, 4) is 0 Å². The number of nitrogens with zero attached hydrogens (tertiary/aromatic N) is 5. The molecule has 4 heterocycles. The summed E-state index contributed by atoms with van der Waals surface area (Å²) in [5, 5.41) is 0. The van der Waals surface area contributed by atoms with Crippen LogP contribution >= 0.6 is 0 Å². The second-order valence-electron chi connectivity index (χ2n) is 11.3. The monoisotopic (exact) mass is 528 g/mol. The number of hydrogen-bond acceptors (Lipinski definition) is 7. The fourth-order valence-electron chi connectivity index (χ4n) is 5.53. The fourth-order valence-corrected chi connectivity index (χ4v) is 6.29. The van der Waals surface area contributed by atoms with Crippen LogP contribution in [0.25, 0.3) is 11.0 Å². The summed E-state index contributed by atoms with van der Waals surface area (Å²) >= 11 is 0. The Morgan fingerprint density at radius 2 is 1.81 bits per heavy atom. The number of nitrogens with two attached hydrogens (primary N) is 1. The Morgan fingerprint density at radius 1 is 1.05 bits per heavy atom. The van der Waals surface area contributed by atoms with Gasteiger partial charge in [0, 0.05) is 60.4 Å². The second-order valence-corrected chi connectivity index (χ2v) is 16.9. The van der Waals surface area contributed by atoms with E-state index in [-0.39, 0.29) is 37.1 Å². The van der Waals surface area contributed by atoms with Crippen LogP contribution in [0.15, 0.2) is 16.9 Å². The molecule has 0 radical (unpaired) electrons. The van der Waals surface area contributed by atoms with Crippen molar-refractivity contribution in [1.82, 2.24) is 18.9 Å². The van der Waals surface area contributed by atoms with Gasteiger partial charge in [-0.15, -0.1) is 0 Å². The lowest BCUT2D eigenvalue weighted by atomic mass is 10.0. The Labute approximate surface area is 216 Å². The van der Waals surface area contributed by atoms with E-state index in [2.05, 4.69) is 24.5 Å². The zero-order valence-electron chi connectivity index (χ0n) is 21.9. The standard InChI is InChI=1S/C25H36N6O5Si/c1-37(2,3)15-14-36-16-30-20(32)7-6-19(24(30)34)31-18-5-4-17-21-22(18)29(25(31)35)13-12-27(21)10-11-28(9-8-26)23(17)33/h4-5,19H,6-16,26H2,1-3H3. The van der Waals surface area contributed by atoms with Gasteiger partial charge in [-0.25, -0.2) is 4.79 Å². The first-order valence-corrected chi connectivity index (χ1v) is 16.8. The molecule has 0 aliphatic carbocycles. The molecule has 3 aliphatic rings. The molecular weight excluding hydrogens is 492 g/mol. The third-order valence-corrected chi connectivity index (χ3v) is 9.28. The van der Waals surface area contributed by atoms with Gasteiger partial charge in [-0.3, -0.25) is 28.4 Å². The molecule has 0 bridgehead atoms. The van der Waals surface area contributed by atoms with Gasteiger partial charge >= 0.3 is 5.69 Å². The van der Waals surface area contributed by atoms with Crippen LogP contribution < -0.4 is 16.3 Å². The van der Waals surface area contributed by atoms with Gasteiger partial charge < -0.3 is 20.3 Å². The van der Waals surface area contributed by atoms with E-state index < -0.39 is 20.0 Å². The summed E-state index contributed by atoms with van der Waals surface area (Å²) in [5.41, 5.74) is 8.03. The van der Waals surface area contributed by atoms with Crippen LogP contribution in [-0.2, 0) is 20.9 Å². The van der Waals surface area contributed by atoms with Gasteiger partial charge in [0.05, 0.1) is 22.3 Å². The molecule has 1 aromatic carbocycles. The van der Waals surface area contributed by atoms with Gasteiger partial charge in [-0.2, -0.15) is 0 Å². The number of amides is 3. The molecule has 0 spiro atoms. The number of ether oxygens (including phenoxy) is 1. The minimum absolute atomic E-state index is 0.0965. The van der Waals surface area contributed by atoms with Gasteiger partial charge in [-0.1, -0.05) is 19.6 Å². The average Bonchev–Trinajstić information content (AvgIpc) is 3.05. The molecule has 3 aliphatic heterocycles. The van der Waals surface area contributed by atoms with Crippen molar-refractivity contribution >= 4 is 42.5 Å². The maximum atomic E-state index is 13.7. The lowest BCUT2D eigenvalue weighted by molar-refractivity contribution is -0.157. The molecule has 1 atom stereocenters. The first-order chi connectivity index (χ1) is 17.6. The van der Waals surface area contributed by atoms with Crippen molar-refractivity contribution in [3.05, 3.63) is 28.2 Å². The Balaban J connectivity index is 1.50. The van der Waals surface area contributed by atoms with E-state index in [0.717, 1.165) is 16.6 Å². The maximum absolute atomic E-state index is 13.7. The lowest BCUT2D eigenvalue weighted by Gasteiger charge is -2.31. The predicted molar refractivity (Wildman–Crippen MR) is 142 cm³/mol. The quantitative estimate of drug-likeness (QED) is 0.309. The number of rotatable bonds is 8. The number of likely N-dealkylation sites (tertiary alicyclic amines) is 1. The number of anilines is 1. The Bertz CT molecular complexity index is 1310. The van der Waals surface area contributed by atoms with Crippen LogP contribution in [0.5, 0.6) is 0 Å². The number of imidazole rings is 1. The third-order valence-electron chi connectivity index (χ3n) is 7.57. The summed E-state index contributed by atoms with van der Waals surface area (Å²) in [6.45, 7) is 10.2. The molecule has 12 heteroatoms. The minimum Gasteiger partial charge on any atom is -0.366 e. The Hall–Kier alpha value is -2.96. The highest BCUT2D eigenvalue weighted by Gasteiger charge is 2.40. The number of carbonyl (C=O) groups excluding carboxylic acids is 3. The Morgan fingerprint density at radius 3 is 2.54 bits per heavy atom. The van der Waals surface area contributed by atoms with E-state index in [4.69, 9.17) is 10.5 Å². The van der Waals surface area contributed by atoms with Crippen molar-refractivity contribution in [2.75, 3.05) is 51.0 Å². The fraction of sp³-hybridized carbons (Fsp3) is 0.600. The molecule has 200 valence electrons.